The van der Waals surface area contributed by atoms with Gasteiger partial charge in [-0.2, -0.15) is 0 Å². The average molecular weight is 656 g/mol. The first-order valence-electron chi connectivity index (χ1n) is 17.3. The standard InChI is InChI=1S/C39H49N3O4S/c1-4-18-40-38(44)36(22-29-11-6-5-7-12-29)41(26-33-13-9-8-10-28(33)2)37(43)27-42(47(3,45)46)35-16-14-34(15-17-35)39-23-30-19-31(24-39)21-32(20-30)25-39/h5-17,30-32,36H,4,18-27H2,1-3H3,(H,40,44). The van der Waals surface area contributed by atoms with Crippen molar-refractivity contribution in [3.05, 3.63) is 101 Å². The van der Waals surface area contributed by atoms with Crippen LogP contribution in [0.15, 0.2) is 78.9 Å². The van der Waals surface area contributed by atoms with E-state index in [1.165, 1.54) is 48.4 Å². The van der Waals surface area contributed by atoms with Crippen molar-refractivity contribution >= 4 is 27.5 Å². The maximum atomic E-state index is 14.4. The summed E-state index contributed by atoms with van der Waals surface area (Å²) in [7, 11) is -3.82. The zero-order valence-electron chi connectivity index (χ0n) is 28.0. The summed E-state index contributed by atoms with van der Waals surface area (Å²) in [5.41, 5.74) is 4.80. The van der Waals surface area contributed by atoms with E-state index in [9.17, 15) is 18.0 Å². The zero-order valence-corrected chi connectivity index (χ0v) is 28.8. The van der Waals surface area contributed by atoms with Crippen LogP contribution < -0.4 is 9.62 Å². The van der Waals surface area contributed by atoms with Crippen LogP contribution >= 0.6 is 0 Å². The van der Waals surface area contributed by atoms with Crippen molar-refractivity contribution in [1.29, 1.82) is 0 Å². The summed E-state index contributed by atoms with van der Waals surface area (Å²) >= 11 is 0. The van der Waals surface area contributed by atoms with Crippen molar-refractivity contribution in [2.75, 3.05) is 23.7 Å². The summed E-state index contributed by atoms with van der Waals surface area (Å²) in [6.07, 6.45) is 9.99. The number of sulfonamides is 1. The second-order valence-corrected chi connectivity index (χ2v) is 16.4. The van der Waals surface area contributed by atoms with Crippen molar-refractivity contribution in [3.63, 3.8) is 0 Å². The predicted octanol–water partition coefficient (Wildman–Crippen LogP) is 6.40. The molecule has 1 unspecified atom stereocenters. The van der Waals surface area contributed by atoms with Crippen LogP contribution in [-0.4, -0.2) is 50.5 Å². The molecule has 0 aromatic heterocycles. The Morgan fingerprint density at radius 3 is 2.04 bits per heavy atom. The van der Waals surface area contributed by atoms with Gasteiger partial charge in [0.2, 0.25) is 21.8 Å². The lowest BCUT2D eigenvalue weighted by molar-refractivity contribution is -0.140. The smallest absolute Gasteiger partial charge is 0.244 e. The van der Waals surface area contributed by atoms with Crippen LogP contribution in [0.3, 0.4) is 0 Å². The maximum Gasteiger partial charge on any atom is 0.244 e. The SMILES string of the molecule is CCCNC(=O)C(Cc1ccccc1)N(Cc1ccccc1C)C(=O)CN(c1ccc(C23CC4CC(CC(C4)C2)C3)cc1)S(C)(=O)=O. The molecule has 0 heterocycles. The van der Waals surface area contributed by atoms with Gasteiger partial charge in [0.25, 0.3) is 0 Å². The highest BCUT2D eigenvalue weighted by molar-refractivity contribution is 7.92. The van der Waals surface area contributed by atoms with Gasteiger partial charge in [0.1, 0.15) is 12.6 Å². The minimum atomic E-state index is -3.82. The van der Waals surface area contributed by atoms with E-state index in [0.717, 1.165) is 47.1 Å². The molecule has 250 valence electrons. The molecular weight excluding hydrogens is 607 g/mol. The largest absolute Gasteiger partial charge is 0.354 e. The minimum Gasteiger partial charge on any atom is -0.354 e. The first kappa shape index (κ1) is 33.3. The highest BCUT2D eigenvalue weighted by Gasteiger charge is 2.51. The van der Waals surface area contributed by atoms with Crippen molar-refractivity contribution in [1.82, 2.24) is 10.2 Å². The molecule has 4 bridgehead atoms. The lowest BCUT2D eigenvalue weighted by Gasteiger charge is -2.57. The molecule has 1 N–H and O–H groups in total. The number of hydrogen-bond donors (Lipinski definition) is 1. The molecule has 0 saturated heterocycles. The van der Waals surface area contributed by atoms with Crippen LogP contribution in [0.2, 0.25) is 0 Å². The van der Waals surface area contributed by atoms with E-state index in [-0.39, 0.29) is 17.9 Å². The molecule has 7 rings (SSSR count). The molecular formula is C39H49N3O4S. The van der Waals surface area contributed by atoms with Gasteiger partial charge in [-0.3, -0.25) is 13.9 Å². The number of carbonyl (C=O) groups is 2. The zero-order chi connectivity index (χ0) is 33.2. The van der Waals surface area contributed by atoms with Crippen LogP contribution in [0.1, 0.15) is 74.1 Å². The third-order valence-electron chi connectivity index (χ3n) is 10.9. The topological polar surface area (TPSA) is 86.8 Å². The Hall–Kier alpha value is -3.65. The van der Waals surface area contributed by atoms with Gasteiger partial charge in [0.05, 0.1) is 11.9 Å². The van der Waals surface area contributed by atoms with Crippen LogP contribution in [0.4, 0.5) is 5.69 Å². The predicted molar refractivity (Wildman–Crippen MR) is 187 cm³/mol. The van der Waals surface area contributed by atoms with E-state index in [2.05, 4.69) is 17.4 Å². The number of hydrogen-bond acceptors (Lipinski definition) is 4. The number of carbonyl (C=O) groups excluding carboxylic acids is 2. The lowest BCUT2D eigenvalue weighted by Crippen LogP contribution is -2.53. The minimum absolute atomic E-state index is 0.186. The second kappa shape index (κ2) is 13.8. The van der Waals surface area contributed by atoms with Gasteiger partial charge in [-0.1, -0.05) is 73.7 Å². The monoisotopic (exact) mass is 655 g/mol. The third-order valence-corrected chi connectivity index (χ3v) is 12.0. The fourth-order valence-corrected chi connectivity index (χ4v) is 9.80. The van der Waals surface area contributed by atoms with Gasteiger partial charge >= 0.3 is 0 Å². The van der Waals surface area contributed by atoms with Crippen LogP contribution in [0.25, 0.3) is 0 Å². The highest BCUT2D eigenvalue weighted by atomic mass is 32.2. The molecule has 4 saturated carbocycles. The fourth-order valence-electron chi connectivity index (χ4n) is 8.95. The van der Waals surface area contributed by atoms with E-state index >= 15 is 0 Å². The van der Waals surface area contributed by atoms with Crippen LogP contribution in [0, 0.1) is 24.7 Å². The molecule has 4 fully saturated rings. The van der Waals surface area contributed by atoms with Crippen molar-refractivity contribution in [2.45, 2.75) is 83.2 Å². The molecule has 7 nitrogen and oxygen atoms in total. The number of aryl methyl sites for hydroxylation is 1. The number of benzene rings is 3. The average Bonchev–Trinajstić information content (AvgIpc) is 3.04. The summed E-state index contributed by atoms with van der Waals surface area (Å²) in [5.74, 6) is 1.76. The number of anilines is 1. The van der Waals surface area contributed by atoms with Crippen LogP contribution in [-0.2, 0) is 38.0 Å². The van der Waals surface area contributed by atoms with Gasteiger partial charge in [-0.15, -0.1) is 0 Å². The molecule has 47 heavy (non-hydrogen) atoms. The van der Waals surface area contributed by atoms with Crippen molar-refractivity contribution < 1.29 is 18.0 Å². The van der Waals surface area contributed by atoms with Gasteiger partial charge in [-0.05, 0) is 109 Å². The number of amides is 2. The Balaban J connectivity index is 1.30. The first-order valence-corrected chi connectivity index (χ1v) is 19.1. The molecule has 4 aliphatic carbocycles. The van der Waals surface area contributed by atoms with Crippen molar-refractivity contribution in [2.24, 2.45) is 17.8 Å². The second-order valence-electron chi connectivity index (χ2n) is 14.5. The van der Waals surface area contributed by atoms with E-state index < -0.39 is 28.5 Å². The van der Waals surface area contributed by atoms with E-state index in [1.807, 2.05) is 80.6 Å². The molecule has 0 radical (unpaired) electrons. The molecule has 8 heteroatoms. The van der Waals surface area contributed by atoms with Gasteiger partial charge < -0.3 is 10.2 Å². The lowest BCUT2D eigenvalue weighted by atomic mass is 9.48. The number of nitrogens with zero attached hydrogens (tertiary/aromatic N) is 2. The van der Waals surface area contributed by atoms with Crippen LogP contribution in [0.5, 0.6) is 0 Å². The molecule has 1 atom stereocenters. The van der Waals surface area contributed by atoms with Crippen molar-refractivity contribution in [3.8, 4) is 0 Å². The molecule has 4 aliphatic rings. The van der Waals surface area contributed by atoms with Gasteiger partial charge in [0, 0.05) is 19.5 Å². The first-order chi connectivity index (χ1) is 22.5. The third kappa shape index (κ3) is 7.43. The maximum absolute atomic E-state index is 14.4. The van der Waals surface area contributed by atoms with Gasteiger partial charge in [-0.25, -0.2) is 8.42 Å². The molecule has 0 aliphatic heterocycles. The van der Waals surface area contributed by atoms with Gasteiger partial charge in [0.15, 0.2) is 0 Å². The Morgan fingerprint density at radius 1 is 0.872 bits per heavy atom. The summed E-state index contributed by atoms with van der Waals surface area (Å²) in [6.45, 7) is 4.25. The van der Waals surface area contributed by atoms with E-state index in [1.54, 1.807) is 4.90 Å². The Kier molecular flexibility index (Phi) is 9.79. The highest BCUT2D eigenvalue weighted by Crippen LogP contribution is 2.60. The Morgan fingerprint density at radius 2 is 1.47 bits per heavy atom. The summed E-state index contributed by atoms with van der Waals surface area (Å²) < 4.78 is 27.8. The Labute approximate surface area is 280 Å². The molecule has 3 aromatic rings. The normalized spacial score (nSPS) is 23.7. The quantitative estimate of drug-likeness (QED) is 0.231. The number of nitrogens with one attached hydrogen (secondary N) is 1. The molecule has 2 amide bonds. The fraction of sp³-hybridized carbons (Fsp3) is 0.487. The summed E-state index contributed by atoms with van der Waals surface area (Å²) in [6, 6.07) is 24.6. The molecule has 0 spiro atoms. The Bertz CT molecular complexity index is 1640. The summed E-state index contributed by atoms with van der Waals surface area (Å²) in [4.78, 5) is 29.8. The van der Waals surface area contributed by atoms with E-state index in [4.69, 9.17) is 0 Å². The summed E-state index contributed by atoms with van der Waals surface area (Å²) in [5, 5.41) is 3.00. The number of rotatable bonds is 13. The van der Waals surface area contributed by atoms with E-state index in [0.29, 0.717) is 18.7 Å². The molecule has 3 aromatic carbocycles.